The Morgan fingerprint density at radius 3 is 2.58 bits per heavy atom. The van der Waals surface area contributed by atoms with E-state index in [4.69, 9.17) is 4.74 Å². The maximum Gasteiger partial charge on any atom is 0.413 e. The number of hydrogen-bond acceptors (Lipinski definition) is 6. The van der Waals surface area contributed by atoms with Gasteiger partial charge in [0.2, 0.25) is 5.91 Å². The van der Waals surface area contributed by atoms with E-state index in [2.05, 4.69) is 4.74 Å². The van der Waals surface area contributed by atoms with Crippen molar-refractivity contribution in [1.29, 1.82) is 0 Å². The third-order valence-corrected chi connectivity index (χ3v) is 4.10. The Bertz CT molecular complexity index is 676. The predicted octanol–water partition coefficient (Wildman–Crippen LogP) is 1.41. The molecule has 8 nitrogen and oxygen atoms in total. The second kappa shape index (κ2) is 8.98. The summed E-state index contributed by atoms with van der Waals surface area (Å²) in [4.78, 5) is 48.6. The van der Waals surface area contributed by atoms with Gasteiger partial charge in [-0.1, -0.05) is 30.3 Å². The maximum atomic E-state index is 12.2. The first-order valence-corrected chi connectivity index (χ1v) is 8.40. The molecule has 1 aliphatic rings. The molecule has 0 unspecified atom stereocenters. The van der Waals surface area contributed by atoms with Crippen molar-refractivity contribution in [2.45, 2.75) is 26.3 Å². The van der Waals surface area contributed by atoms with Crippen molar-refractivity contribution < 1.29 is 28.7 Å². The summed E-state index contributed by atoms with van der Waals surface area (Å²) in [5.74, 6) is -2.20. The monoisotopic (exact) mass is 362 g/mol. The molecule has 1 aliphatic heterocycles. The lowest BCUT2D eigenvalue weighted by Gasteiger charge is -2.25. The molecule has 2 atom stereocenters. The molecular weight excluding hydrogens is 340 g/mol. The number of likely N-dealkylation sites (tertiary alicyclic amines) is 1. The molecule has 0 aromatic heterocycles. The van der Waals surface area contributed by atoms with Gasteiger partial charge in [-0.2, -0.15) is 0 Å². The zero-order chi connectivity index (χ0) is 19.1. The van der Waals surface area contributed by atoms with Gasteiger partial charge < -0.3 is 14.4 Å². The molecule has 2 rings (SSSR count). The van der Waals surface area contributed by atoms with Gasteiger partial charge in [-0.3, -0.25) is 19.7 Å². The first-order valence-electron chi connectivity index (χ1n) is 8.40. The van der Waals surface area contributed by atoms with Crippen molar-refractivity contribution in [2.75, 3.05) is 19.8 Å². The van der Waals surface area contributed by atoms with Gasteiger partial charge in [-0.05, 0) is 19.4 Å². The smallest absolute Gasteiger partial charge is 0.413 e. The third kappa shape index (κ3) is 5.05. The zero-order valence-electron chi connectivity index (χ0n) is 14.8. The Morgan fingerprint density at radius 1 is 1.23 bits per heavy atom. The van der Waals surface area contributed by atoms with Gasteiger partial charge in [0.15, 0.2) is 6.61 Å². The van der Waals surface area contributed by atoms with Crippen LogP contribution in [-0.2, 0) is 23.9 Å². The van der Waals surface area contributed by atoms with E-state index in [1.807, 2.05) is 42.6 Å². The Labute approximate surface area is 151 Å². The molecule has 1 aromatic carbocycles. The van der Waals surface area contributed by atoms with Crippen molar-refractivity contribution >= 4 is 23.9 Å². The van der Waals surface area contributed by atoms with Crippen LogP contribution < -0.4 is 5.32 Å². The Balaban J connectivity index is 1.85. The van der Waals surface area contributed by atoms with Crippen molar-refractivity contribution in [3.05, 3.63) is 35.9 Å². The van der Waals surface area contributed by atoms with Gasteiger partial charge in [-0.15, -0.1) is 0 Å². The molecular formula is C18H22N2O6. The van der Waals surface area contributed by atoms with Gasteiger partial charge in [0.05, 0.1) is 18.6 Å². The molecule has 140 valence electrons. The summed E-state index contributed by atoms with van der Waals surface area (Å²) in [7, 11) is 0. The number of ether oxygens (including phenoxy) is 2. The fourth-order valence-electron chi connectivity index (χ4n) is 2.75. The number of alkyl carbamates (subject to hydrolysis) is 1. The fourth-order valence-corrected chi connectivity index (χ4v) is 2.75. The zero-order valence-corrected chi connectivity index (χ0v) is 14.8. The normalized spacial score (nSPS) is 17.5. The molecule has 1 aromatic rings. The van der Waals surface area contributed by atoms with E-state index >= 15 is 0 Å². The van der Waals surface area contributed by atoms with Gasteiger partial charge in [0, 0.05) is 13.0 Å². The SMILES string of the molecule is CCOC(=O)NC(=O)COC(=O)[C@H]1CC(=O)N([C@H](C)c2ccccc2)C1. The van der Waals surface area contributed by atoms with E-state index in [-0.39, 0.29) is 31.5 Å². The van der Waals surface area contributed by atoms with Gasteiger partial charge >= 0.3 is 12.1 Å². The highest BCUT2D eigenvalue weighted by Crippen LogP contribution is 2.28. The minimum absolute atomic E-state index is 0.0372. The summed E-state index contributed by atoms with van der Waals surface area (Å²) in [6, 6.07) is 9.35. The highest BCUT2D eigenvalue weighted by molar-refractivity contribution is 5.94. The standard InChI is InChI=1S/C18H22N2O6/c1-3-25-18(24)19-15(21)11-26-17(23)14-9-16(22)20(10-14)12(2)13-7-5-4-6-8-13/h4-8,12,14H,3,9-11H2,1-2H3,(H,19,21,24)/t12-,14+/m1/s1. The molecule has 1 heterocycles. The minimum Gasteiger partial charge on any atom is -0.455 e. The van der Waals surface area contributed by atoms with Crippen LogP contribution in [0.4, 0.5) is 4.79 Å². The molecule has 0 spiro atoms. The van der Waals surface area contributed by atoms with Gasteiger partial charge in [-0.25, -0.2) is 4.79 Å². The molecule has 1 saturated heterocycles. The van der Waals surface area contributed by atoms with E-state index in [1.54, 1.807) is 11.8 Å². The summed E-state index contributed by atoms with van der Waals surface area (Å²) < 4.78 is 9.46. The maximum absolute atomic E-state index is 12.2. The van der Waals surface area contributed by atoms with Crippen molar-refractivity contribution in [1.82, 2.24) is 10.2 Å². The largest absolute Gasteiger partial charge is 0.455 e. The van der Waals surface area contributed by atoms with E-state index in [0.717, 1.165) is 5.56 Å². The first-order chi connectivity index (χ1) is 12.4. The van der Waals surface area contributed by atoms with Crippen LogP contribution in [0, 0.1) is 5.92 Å². The lowest BCUT2D eigenvalue weighted by Crippen LogP contribution is -2.35. The number of nitrogens with zero attached hydrogens (tertiary/aromatic N) is 1. The number of amides is 3. The van der Waals surface area contributed by atoms with Crippen LogP contribution in [0.2, 0.25) is 0 Å². The highest BCUT2D eigenvalue weighted by atomic mass is 16.6. The van der Waals surface area contributed by atoms with Gasteiger partial charge in [0.25, 0.3) is 5.91 Å². The molecule has 8 heteroatoms. The summed E-state index contributed by atoms with van der Waals surface area (Å²) in [6.45, 7) is 3.25. The molecule has 0 saturated carbocycles. The lowest BCUT2D eigenvalue weighted by molar-refractivity contribution is -0.152. The van der Waals surface area contributed by atoms with E-state index in [9.17, 15) is 19.2 Å². The topological polar surface area (TPSA) is 102 Å². The lowest BCUT2D eigenvalue weighted by atomic mass is 10.1. The average molecular weight is 362 g/mol. The van der Waals surface area contributed by atoms with Gasteiger partial charge in [0.1, 0.15) is 0 Å². The quantitative estimate of drug-likeness (QED) is 0.768. The third-order valence-electron chi connectivity index (χ3n) is 4.10. The molecule has 3 amide bonds. The summed E-state index contributed by atoms with van der Waals surface area (Å²) >= 11 is 0. The molecule has 26 heavy (non-hydrogen) atoms. The molecule has 0 aliphatic carbocycles. The van der Waals surface area contributed by atoms with Crippen molar-refractivity contribution in [3.8, 4) is 0 Å². The Morgan fingerprint density at radius 2 is 1.92 bits per heavy atom. The van der Waals surface area contributed by atoms with E-state index < -0.39 is 30.5 Å². The van der Waals surface area contributed by atoms with E-state index in [1.165, 1.54) is 0 Å². The van der Waals surface area contributed by atoms with Crippen molar-refractivity contribution in [3.63, 3.8) is 0 Å². The highest BCUT2D eigenvalue weighted by Gasteiger charge is 2.38. The van der Waals surface area contributed by atoms with Crippen LogP contribution in [-0.4, -0.2) is 48.5 Å². The van der Waals surface area contributed by atoms with Crippen LogP contribution in [0.3, 0.4) is 0 Å². The summed E-state index contributed by atoms with van der Waals surface area (Å²) in [6.07, 6.45) is -0.859. The number of imide groups is 1. The Kier molecular flexibility index (Phi) is 6.71. The first kappa shape index (κ1) is 19.4. The van der Waals surface area contributed by atoms with E-state index in [0.29, 0.717) is 0 Å². The summed E-state index contributed by atoms with van der Waals surface area (Å²) in [5.41, 5.74) is 0.976. The van der Waals surface area contributed by atoms with Crippen LogP contribution in [0.1, 0.15) is 31.9 Å². The van der Waals surface area contributed by atoms with Crippen LogP contribution in [0.5, 0.6) is 0 Å². The van der Waals surface area contributed by atoms with Crippen LogP contribution in [0.15, 0.2) is 30.3 Å². The molecule has 0 bridgehead atoms. The minimum atomic E-state index is -0.896. The molecule has 1 N–H and O–H groups in total. The van der Waals surface area contributed by atoms with Crippen LogP contribution in [0.25, 0.3) is 0 Å². The number of esters is 1. The van der Waals surface area contributed by atoms with Crippen molar-refractivity contribution in [2.24, 2.45) is 5.92 Å². The predicted molar refractivity (Wildman–Crippen MR) is 90.8 cm³/mol. The molecule has 1 fully saturated rings. The second-order valence-corrected chi connectivity index (χ2v) is 5.91. The number of rotatable bonds is 6. The number of carbonyl (C=O) groups excluding carboxylic acids is 4. The average Bonchev–Trinajstić information content (AvgIpc) is 3.01. The van der Waals surface area contributed by atoms with Crippen LogP contribution >= 0.6 is 0 Å². The number of hydrogen-bond donors (Lipinski definition) is 1. The Hall–Kier alpha value is -2.90. The number of carbonyl (C=O) groups is 4. The number of benzene rings is 1. The number of nitrogens with one attached hydrogen (secondary N) is 1. The fraction of sp³-hybridized carbons (Fsp3) is 0.444. The summed E-state index contributed by atoms with van der Waals surface area (Å²) in [5, 5.41) is 1.93. The molecule has 0 radical (unpaired) electrons. The second-order valence-electron chi connectivity index (χ2n) is 5.91.